The highest BCUT2D eigenvalue weighted by Crippen LogP contribution is 2.23. The Morgan fingerprint density at radius 2 is 1.81 bits per heavy atom. The van der Waals surface area contributed by atoms with Crippen molar-refractivity contribution in [2.24, 2.45) is 0 Å². The van der Waals surface area contributed by atoms with Crippen LogP contribution in [0.4, 0.5) is 0 Å². The van der Waals surface area contributed by atoms with E-state index in [0.717, 1.165) is 32.5 Å². The third-order valence-corrected chi connectivity index (χ3v) is 5.06. The molecular formula is C21H16BrN3O. The lowest BCUT2D eigenvalue weighted by molar-refractivity contribution is 0.0991. The standard InChI is InChI=1S/C21H16BrN3O/c1-14-17(13-23-25(14)20-9-5-3-7-18(20)22)21(26)12-16-11-10-15-6-2-4-8-19(15)24-16/h2-11,13H,12H2,1H3. The summed E-state index contributed by atoms with van der Waals surface area (Å²) >= 11 is 3.53. The number of halogens is 1. The summed E-state index contributed by atoms with van der Waals surface area (Å²) in [4.78, 5) is 17.4. The van der Waals surface area contributed by atoms with Crippen LogP contribution in [0.1, 0.15) is 21.7 Å². The molecule has 0 amide bonds. The van der Waals surface area contributed by atoms with Crippen molar-refractivity contribution in [2.45, 2.75) is 13.3 Å². The van der Waals surface area contributed by atoms with Gasteiger partial charge in [0, 0.05) is 15.6 Å². The molecule has 0 spiro atoms. The Bertz CT molecular complexity index is 1120. The fourth-order valence-corrected chi connectivity index (χ4v) is 3.47. The molecule has 4 aromatic rings. The fourth-order valence-electron chi connectivity index (χ4n) is 3.02. The number of fused-ring (bicyclic) bond motifs is 1. The number of ketones is 1. The Balaban J connectivity index is 1.63. The first-order chi connectivity index (χ1) is 12.6. The van der Waals surface area contributed by atoms with E-state index in [9.17, 15) is 4.79 Å². The summed E-state index contributed by atoms with van der Waals surface area (Å²) < 4.78 is 2.71. The lowest BCUT2D eigenvalue weighted by atomic mass is 10.1. The summed E-state index contributed by atoms with van der Waals surface area (Å²) in [7, 11) is 0. The normalized spacial score (nSPS) is 11.0. The number of rotatable bonds is 4. The highest BCUT2D eigenvalue weighted by Gasteiger charge is 2.17. The smallest absolute Gasteiger partial charge is 0.172 e. The van der Waals surface area contributed by atoms with Gasteiger partial charge < -0.3 is 0 Å². The van der Waals surface area contributed by atoms with Crippen LogP contribution in [0, 0.1) is 6.92 Å². The predicted octanol–water partition coefficient (Wildman–Crippen LogP) is 4.92. The molecule has 5 heteroatoms. The summed E-state index contributed by atoms with van der Waals surface area (Å²) in [6, 6.07) is 19.6. The molecule has 0 aliphatic heterocycles. The Hall–Kier alpha value is -2.79. The van der Waals surface area contributed by atoms with Crippen LogP contribution >= 0.6 is 15.9 Å². The van der Waals surface area contributed by atoms with Crippen molar-refractivity contribution in [2.75, 3.05) is 0 Å². The zero-order chi connectivity index (χ0) is 18.1. The first kappa shape index (κ1) is 16.7. The molecule has 26 heavy (non-hydrogen) atoms. The van der Waals surface area contributed by atoms with E-state index < -0.39 is 0 Å². The van der Waals surface area contributed by atoms with Gasteiger partial charge in [0.25, 0.3) is 0 Å². The van der Waals surface area contributed by atoms with Crippen LogP contribution in [0.5, 0.6) is 0 Å². The molecule has 0 fully saturated rings. The highest BCUT2D eigenvalue weighted by molar-refractivity contribution is 9.10. The van der Waals surface area contributed by atoms with Crippen LogP contribution in [-0.2, 0) is 6.42 Å². The van der Waals surface area contributed by atoms with Gasteiger partial charge in [-0.1, -0.05) is 36.4 Å². The van der Waals surface area contributed by atoms with E-state index in [1.807, 2.05) is 67.6 Å². The lowest BCUT2D eigenvalue weighted by Gasteiger charge is -2.07. The van der Waals surface area contributed by atoms with E-state index >= 15 is 0 Å². The molecular weight excluding hydrogens is 390 g/mol. The second kappa shape index (κ2) is 6.84. The molecule has 0 radical (unpaired) electrons. The first-order valence-corrected chi connectivity index (χ1v) is 9.10. The van der Waals surface area contributed by atoms with E-state index in [2.05, 4.69) is 26.0 Å². The summed E-state index contributed by atoms with van der Waals surface area (Å²) in [5.41, 5.74) is 4.02. The minimum Gasteiger partial charge on any atom is -0.294 e. The monoisotopic (exact) mass is 405 g/mol. The Labute approximate surface area is 159 Å². The minimum atomic E-state index is 0.0172. The Morgan fingerprint density at radius 1 is 1.04 bits per heavy atom. The number of nitrogens with zero attached hydrogens (tertiary/aromatic N) is 3. The molecule has 0 aliphatic rings. The Kier molecular flexibility index (Phi) is 4.39. The molecule has 4 rings (SSSR count). The number of hydrogen-bond acceptors (Lipinski definition) is 3. The van der Waals surface area contributed by atoms with Crippen molar-refractivity contribution >= 4 is 32.6 Å². The molecule has 0 aliphatic carbocycles. The van der Waals surface area contributed by atoms with Crippen molar-refractivity contribution in [3.8, 4) is 5.69 Å². The summed E-state index contributed by atoms with van der Waals surface area (Å²) in [6.07, 6.45) is 1.89. The number of carbonyl (C=O) groups is 1. The summed E-state index contributed by atoms with van der Waals surface area (Å²) in [5.74, 6) is 0.0172. The van der Waals surface area contributed by atoms with Gasteiger partial charge in [-0.2, -0.15) is 5.10 Å². The van der Waals surface area contributed by atoms with Crippen LogP contribution in [0.2, 0.25) is 0 Å². The second-order valence-corrected chi connectivity index (χ2v) is 6.96. The summed E-state index contributed by atoms with van der Waals surface area (Å²) in [6.45, 7) is 1.91. The number of aromatic nitrogens is 3. The van der Waals surface area contributed by atoms with E-state index in [0.29, 0.717) is 5.56 Å². The lowest BCUT2D eigenvalue weighted by Crippen LogP contribution is -2.07. The van der Waals surface area contributed by atoms with Crippen molar-refractivity contribution in [3.05, 3.63) is 88.3 Å². The van der Waals surface area contributed by atoms with Gasteiger partial charge in [0.1, 0.15) is 0 Å². The molecule has 2 heterocycles. The zero-order valence-electron chi connectivity index (χ0n) is 14.2. The molecule has 128 valence electrons. The minimum absolute atomic E-state index is 0.0172. The Morgan fingerprint density at radius 3 is 2.65 bits per heavy atom. The van der Waals surface area contributed by atoms with Crippen molar-refractivity contribution < 1.29 is 4.79 Å². The van der Waals surface area contributed by atoms with E-state index in [-0.39, 0.29) is 12.2 Å². The number of para-hydroxylation sites is 2. The van der Waals surface area contributed by atoms with Gasteiger partial charge in [0.05, 0.1) is 35.1 Å². The van der Waals surface area contributed by atoms with Crippen LogP contribution in [-0.4, -0.2) is 20.5 Å². The van der Waals surface area contributed by atoms with Gasteiger partial charge in [-0.25, -0.2) is 4.68 Å². The van der Waals surface area contributed by atoms with Crippen LogP contribution < -0.4 is 0 Å². The van der Waals surface area contributed by atoms with Gasteiger partial charge in [0.15, 0.2) is 5.78 Å². The summed E-state index contributed by atoms with van der Waals surface area (Å²) in [5, 5.41) is 5.48. The molecule has 0 atom stereocenters. The average Bonchev–Trinajstić information content (AvgIpc) is 3.03. The quantitative estimate of drug-likeness (QED) is 0.452. The van der Waals surface area contributed by atoms with E-state index in [1.54, 1.807) is 10.9 Å². The maximum Gasteiger partial charge on any atom is 0.172 e. The van der Waals surface area contributed by atoms with Gasteiger partial charge in [-0.05, 0) is 47.1 Å². The highest BCUT2D eigenvalue weighted by atomic mass is 79.9. The number of pyridine rings is 1. The number of benzene rings is 2. The van der Waals surface area contributed by atoms with Gasteiger partial charge in [-0.3, -0.25) is 9.78 Å². The molecule has 0 unspecified atom stereocenters. The number of Topliss-reactive ketones (excluding diaryl/α,β-unsaturated/α-hetero) is 1. The van der Waals surface area contributed by atoms with Crippen LogP contribution in [0.25, 0.3) is 16.6 Å². The molecule has 2 aromatic carbocycles. The van der Waals surface area contributed by atoms with E-state index in [4.69, 9.17) is 0 Å². The molecule has 0 bridgehead atoms. The average molecular weight is 406 g/mol. The topological polar surface area (TPSA) is 47.8 Å². The van der Waals surface area contributed by atoms with Crippen LogP contribution in [0.15, 0.2) is 71.3 Å². The molecule has 0 saturated carbocycles. The molecule has 0 saturated heterocycles. The SMILES string of the molecule is Cc1c(C(=O)Cc2ccc3ccccc3n2)cnn1-c1ccccc1Br. The van der Waals surface area contributed by atoms with Crippen molar-refractivity contribution in [1.29, 1.82) is 0 Å². The first-order valence-electron chi connectivity index (χ1n) is 8.31. The van der Waals surface area contributed by atoms with Gasteiger partial charge in [-0.15, -0.1) is 0 Å². The second-order valence-electron chi connectivity index (χ2n) is 6.10. The van der Waals surface area contributed by atoms with Crippen molar-refractivity contribution in [1.82, 2.24) is 14.8 Å². The third kappa shape index (κ3) is 3.06. The third-order valence-electron chi connectivity index (χ3n) is 4.39. The number of hydrogen-bond donors (Lipinski definition) is 0. The predicted molar refractivity (Wildman–Crippen MR) is 106 cm³/mol. The van der Waals surface area contributed by atoms with Crippen molar-refractivity contribution in [3.63, 3.8) is 0 Å². The maximum atomic E-state index is 12.8. The zero-order valence-corrected chi connectivity index (χ0v) is 15.8. The van der Waals surface area contributed by atoms with Crippen LogP contribution in [0.3, 0.4) is 0 Å². The van der Waals surface area contributed by atoms with Gasteiger partial charge >= 0.3 is 0 Å². The largest absolute Gasteiger partial charge is 0.294 e. The van der Waals surface area contributed by atoms with E-state index in [1.165, 1.54) is 0 Å². The molecule has 2 aromatic heterocycles. The van der Waals surface area contributed by atoms with Gasteiger partial charge in [0.2, 0.25) is 0 Å². The fraction of sp³-hybridized carbons (Fsp3) is 0.0952. The number of carbonyl (C=O) groups excluding carboxylic acids is 1. The molecule has 0 N–H and O–H groups in total. The maximum absolute atomic E-state index is 12.8. The molecule has 4 nitrogen and oxygen atoms in total.